The SMILES string of the molecule is CN=C(NCc1ncnn1C)NC1CCN(Cc2ccccc2)C(C)C1.I. The Labute approximate surface area is 178 Å². The molecular weight excluding hydrogens is 453 g/mol. The van der Waals surface area contributed by atoms with Gasteiger partial charge in [-0.05, 0) is 25.3 Å². The zero-order valence-electron chi connectivity index (χ0n) is 16.3. The van der Waals surface area contributed by atoms with Crippen molar-refractivity contribution in [3.05, 3.63) is 48.0 Å². The summed E-state index contributed by atoms with van der Waals surface area (Å²) in [5, 5.41) is 11.0. The third-order valence-corrected chi connectivity index (χ3v) is 5.03. The fourth-order valence-electron chi connectivity index (χ4n) is 3.44. The molecule has 1 aliphatic rings. The maximum absolute atomic E-state index is 4.35. The van der Waals surface area contributed by atoms with Crippen molar-refractivity contribution in [3.63, 3.8) is 0 Å². The average Bonchev–Trinajstić information content (AvgIpc) is 3.06. The molecule has 2 N–H and O–H groups in total. The predicted molar refractivity (Wildman–Crippen MR) is 119 cm³/mol. The van der Waals surface area contributed by atoms with E-state index in [-0.39, 0.29) is 24.0 Å². The van der Waals surface area contributed by atoms with Crippen LogP contribution in [0.1, 0.15) is 31.2 Å². The molecule has 1 fully saturated rings. The maximum atomic E-state index is 4.35. The van der Waals surface area contributed by atoms with Gasteiger partial charge in [0.1, 0.15) is 12.2 Å². The monoisotopic (exact) mass is 483 g/mol. The first-order valence-electron chi connectivity index (χ1n) is 9.23. The molecule has 2 atom stereocenters. The topological polar surface area (TPSA) is 70.4 Å². The summed E-state index contributed by atoms with van der Waals surface area (Å²) in [4.78, 5) is 11.1. The van der Waals surface area contributed by atoms with E-state index in [1.807, 2.05) is 7.05 Å². The van der Waals surface area contributed by atoms with E-state index in [4.69, 9.17) is 0 Å². The van der Waals surface area contributed by atoms with E-state index in [0.29, 0.717) is 18.6 Å². The Hall–Kier alpha value is -1.68. The molecule has 0 saturated carbocycles. The summed E-state index contributed by atoms with van der Waals surface area (Å²) in [7, 11) is 3.70. The number of rotatable bonds is 5. The minimum absolute atomic E-state index is 0. The van der Waals surface area contributed by atoms with Gasteiger partial charge in [-0.15, -0.1) is 24.0 Å². The lowest BCUT2D eigenvalue weighted by Crippen LogP contribution is -2.51. The number of hydrogen-bond donors (Lipinski definition) is 2. The molecule has 0 amide bonds. The smallest absolute Gasteiger partial charge is 0.191 e. The number of aromatic nitrogens is 3. The number of likely N-dealkylation sites (tertiary alicyclic amines) is 1. The Morgan fingerprint density at radius 2 is 2.07 bits per heavy atom. The van der Waals surface area contributed by atoms with Gasteiger partial charge in [0.25, 0.3) is 0 Å². The number of benzene rings is 1. The van der Waals surface area contributed by atoms with E-state index in [1.54, 1.807) is 18.1 Å². The zero-order chi connectivity index (χ0) is 18.4. The highest BCUT2D eigenvalue weighted by Crippen LogP contribution is 2.19. The van der Waals surface area contributed by atoms with Crippen molar-refractivity contribution in [1.29, 1.82) is 0 Å². The number of aliphatic imine (C=N–C) groups is 1. The number of nitrogens with one attached hydrogen (secondary N) is 2. The molecule has 1 aliphatic heterocycles. The zero-order valence-corrected chi connectivity index (χ0v) is 18.6. The molecular formula is C19H30IN7. The van der Waals surface area contributed by atoms with Gasteiger partial charge < -0.3 is 10.6 Å². The molecule has 2 heterocycles. The van der Waals surface area contributed by atoms with Crippen molar-refractivity contribution in [1.82, 2.24) is 30.3 Å². The number of nitrogens with zero attached hydrogens (tertiary/aromatic N) is 5. The Morgan fingerprint density at radius 3 is 2.70 bits per heavy atom. The van der Waals surface area contributed by atoms with Gasteiger partial charge in [-0.25, -0.2) is 4.98 Å². The summed E-state index contributed by atoms with van der Waals surface area (Å²) in [6.07, 6.45) is 3.79. The summed E-state index contributed by atoms with van der Waals surface area (Å²) < 4.78 is 1.77. The lowest BCUT2D eigenvalue weighted by atomic mass is 9.97. The van der Waals surface area contributed by atoms with E-state index in [2.05, 4.69) is 67.9 Å². The molecule has 2 aromatic rings. The molecule has 0 aliphatic carbocycles. The van der Waals surface area contributed by atoms with Crippen LogP contribution in [0.2, 0.25) is 0 Å². The lowest BCUT2D eigenvalue weighted by Gasteiger charge is -2.38. The Bertz CT molecular complexity index is 716. The van der Waals surface area contributed by atoms with Gasteiger partial charge in [0.05, 0.1) is 6.54 Å². The highest BCUT2D eigenvalue weighted by Gasteiger charge is 2.25. The largest absolute Gasteiger partial charge is 0.354 e. The van der Waals surface area contributed by atoms with Crippen LogP contribution < -0.4 is 10.6 Å². The van der Waals surface area contributed by atoms with E-state index in [0.717, 1.165) is 37.7 Å². The summed E-state index contributed by atoms with van der Waals surface area (Å²) in [5.74, 6) is 1.71. The van der Waals surface area contributed by atoms with Crippen molar-refractivity contribution in [2.24, 2.45) is 12.0 Å². The lowest BCUT2D eigenvalue weighted by molar-refractivity contribution is 0.134. The molecule has 1 aromatic carbocycles. The van der Waals surface area contributed by atoms with Crippen LogP contribution in [0.3, 0.4) is 0 Å². The Kier molecular flexibility index (Phi) is 8.49. The molecule has 148 valence electrons. The summed E-state index contributed by atoms with van der Waals surface area (Å²) in [6.45, 7) is 5.03. The molecule has 1 saturated heterocycles. The Morgan fingerprint density at radius 1 is 1.30 bits per heavy atom. The molecule has 2 unspecified atom stereocenters. The molecule has 0 bridgehead atoms. The third-order valence-electron chi connectivity index (χ3n) is 5.03. The van der Waals surface area contributed by atoms with Gasteiger partial charge in [-0.2, -0.15) is 5.10 Å². The van der Waals surface area contributed by atoms with Crippen molar-refractivity contribution in [2.45, 2.75) is 44.9 Å². The predicted octanol–water partition coefficient (Wildman–Crippen LogP) is 2.15. The van der Waals surface area contributed by atoms with Gasteiger partial charge in [0.15, 0.2) is 5.96 Å². The molecule has 3 rings (SSSR count). The normalized spacial score (nSPS) is 20.8. The minimum atomic E-state index is 0. The summed E-state index contributed by atoms with van der Waals surface area (Å²) in [6, 6.07) is 11.7. The van der Waals surface area contributed by atoms with Crippen LogP contribution in [0, 0.1) is 0 Å². The van der Waals surface area contributed by atoms with Crippen LogP contribution in [0.25, 0.3) is 0 Å². The summed E-state index contributed by atoms with van der Waals surface area (Å²) in [5.41, 5.74) is 1.38. The van der Waals surface area contributed by atoms with Crippen LogP contribution in [-0.2, 0) is 20.1 Å². The second-order valence-electron chi connectivity index (χ2n) is 6.90. The van der Waals surface area contributed by atoms with E-state index in [9.17, 15) is 0 Å². The van der Waals surface area contributed by atoms with E-state index < -0.39 is 0 Å². The van der Waals surface area contributed by atoms with Crippen molar-refractivity contribution in [2.75, 3.05) is 13.6 Å². The molecule has 1 aromatic heterocycles. The van der Waals surface area contributed by atoms with Crippen molar-refractivity contribution >= 4 is 29.9 Å². The van der Waals surface area contributed by atoms with Crippen LogP contribution in [0.15, 0.2) is 41.7 Å². The van der Waals surface area contributed by atoms with Gasteiger partial charge in [0, 0.05) is 39.3 Å². The highest BCUT2D eigenvalue weighted by atomic mass is 127. The van der Waals surface area contributed by atoms with Crippen LogP contribution >= 0.6 is 24.0 Å². The quantitative estimate of drug-likeness (QED) is 0.388. The van der Waals surface area contributed by atoms with Gasteiger partial charge in [0.2, 0.25) is 0 Å². The first-order valence-corrected chi connectivity index (χ1v) is 9.23. The number of halogens is 1. The van der Waals surface area contributed by atoms with Gasteiger partial charge >= 0.3 is 0 Å². The number of piperidine rings is 1. The maximum Gasteiger partial charge on any atom is 0.191 e. The number of hydrogen-bond acceptors (Lipinski definition) is 4. The third kappa shape index (κ3) is 6.17. The standard InChI is InChI=1S/C19H29N7.HI/c1-15-11-17(9-10-26(15)13-16-7-5-4-6-8-16)24-19(20-2)21-12-18-22-14-23-25(18)3;/h4-8,14-15,17H,9-13H2,1-3H3,(H2,20,21,24);1H. The highest BCUT2D eigenvalue weighted by molar-refractivity contribution is 14.0. The minimum Gasteiger partial charge on any atom is -0.354 e. The molecule has 0 radical (unpaired) electrons. The van der Waals surface area contributed by atoms with E-state index >= 15 is 0 Å². The second-order valence-corrected chi connectivity index (χ2v) is 6.90. The first kappa shape index (κ1) is 21.6. The molecule has 27 heavy (non-hydrogen) atoms. The van der Waals surface area contributed by atoms with E-state index in [1.165, 1.54) is 5.56 Å². The van der Waals surface area contributed by atoms with Crippen molar-refractivity contribution < 1.29 is 0 Å². The molecule has 8 heteroatoms. The van der Waals surface area contributed by atoms with Crippen molar-refractivity contribution in [3.8, 4) is 0 Å². The fraction of sp³-hybridized carbons (Fsp3) is 0.526. The number of aryl methyl sites for hydroxylation is 1. The van der Waals surface area contributed by atoms with Gasteiger partial charge in [-0.3, -0.25) is 14.6 Å². The van der Waals surface area contributed by atoms with Crippen LogP contribution in [-0.4, -0.2) is 51.3 Å². The number of guanidine groups is 1. The second kappa shape index (κ2) is 10.6. The fourth-order valence-corrected chi connectivity index (χ4v) is 3.44. The average molecular weight is 483 g/mol. The first-order chi connectivity index (χ1) is 12.7. The summed E-state index contributed by atoms with van der Waals surface area (Å²) >= 11 is 0. The molecule has 0 spiro atoms. The van der Waals surface area contributed by atoms with Gasteiger partial charge in [-0.1, -0.05) is 30.3 Å². The Balaban J connectivity index is 0.00000261. The molecule has 7 nitrogen and oxygen atoms in total. The van der Waals surface area contributed by atoms with Crippen LogP contribution in [0.4, 0.5) is 0 Å². The van der Waals surface area contributed by atoms with Crippen LogP contribution in [0.5, 0.6) is 0 Å².